The van der Waals surface area contributed by atoms with Gasteiger partial charge in [0.15, 0.2) is 50.3 Å². The van der Waals surface area contributed by atoms with E-state index in [0.29, 0.717) is 0 Å². The van der Waals surface area contributed by atoms with Crippen molar-refractivity contribution in [1.82, 2.24) is 0 Å². The minimum atomic E-state index is -2.36. The van der Waals surface area contributed by atoms with Gasteiger partial charge in [0.2, 0.25) is 0 Å². The molecule has 9 heterocycles. The molecular formula is C51H84O43. The van der Waals surface area contributed by atoms with Crippen molar-refractivity contribution in [2.45, 2.75) is 258 Å². The Hall–Kier alpha value is -2.17. The zero-order valence-electron chi connectivity index (χ0n) is 49.3. The van der Waals surface area contributed by atoms with Crippen molar-refractivity contribution in [2.24, 2.45) is 0 Å². The van der Waals surface area contributed by atoms with Gasteiger partial charge in [0.05, 0.1) is 52.9 Å². The average Bonchev–Trinajstić information content (AvgIpc) is 1.50. The molecule has 9 fully saturated rings. The van der Waals surface area contributed by atoms with Crippen LogP contribution in [0.2, 0.25) is 0 Å². The smallest absolute Gasteiger partial charge is 0.364 e. The number of aliphatic carboxylic acids is 1. The molecule has 94 heavy (non-hydrogen) atoms. The third-order valence-corrected chi connectivity index (χ3v) is 17.7. The first kappa shape index (κ1) is 76.0. The van der Waals surface area contributed by atoms with Crippen LogP contribution >= 0.6 is 0 Å². The molecule has 546 valence electrons. The fraction of sp³-hybridized carbons (Fsp3) is 0.980. The van der Waals surface area contributed by atoms with Gasteiger partial charge < -0.3 is 208 Å². The first-order chi connectivity index (χ1) is 44.5. The molecule has 43 nitrogen and oxygen atoms in total. The molecule has 0 radical (unpaired) electrons. The minimum Gasteiger partial charge on any atom is -0.477 e. The Balaban J connectivity index is 0.797. The quantitative estimate of drug-likeness (QED) is 0.0452. The molecule has 0 aromatic heterocycles. The number of carbonyl (C=O) groups is 1. The molecule has 9 rings (SSSR count). The molecule has 1 unspecified atom stereocenters. The van der Waals surface area contributed by atoms with Gasteiger partial charge in [-0.25, -0.2) is 4.79 Å². The predicted molar refractivity (Wildman–Crippen MR) is 278 cm³/mol. The molecule has 0 saturated carbocycles. The van der Waals surface area contributed by atoms with Crippen LogP contribution in [0.4, 0.5) is 0 Å². The fourth-order valence-electron chi connectivity index (χ4n) is 12.1. The third-order valence-electron chi connectivity index (χ3n) is 17.7. The maximum absolute atomic E-state index is 12.0. The Kier molecular flexibility index (Phi) is 25.7. The molecule has 0 bridgehead atoms. The summed E-state index contributed by atoms with van der Waals surface area (Å²) in [6.07, 6.45) is -77.8. The number of aliphatic hydroxyl groups is 24. The van der Waals surface area contributed by atoms with Gasteiger partial charge in [0.1, 0.15) is 195 Å². The molecule has 0 spiro atoms. The molecule has 43 heteroatoms. The molecule has 25 N–H and O–H groups in total. The number of fused-ring (bicyclic) bond motifs is 1. The lowest BCUT2D eigenvalue weighted by atomic mass is 9.95. The van der Waals surface area contributed by atoms with Crippen LogP contribution in [-0.2, 0) is 85.3 Å². The number of carboxylic acids is 1. The average molecular weight is 1390 g/mol. The number of rotatable bonds is 23. The van der Waals surface area contributed by atoms with Gasteiger partial charge in [0, 0.05) is 6.92 Å². The van der Waals surface area contributed by atoms with E-state index in [1.54, 1.807) is 0 Å². The number of ether oxygens (including phenoxy) is 17. The highest BCUT2D eigenvalue weighted by atomic mass is 16.9. The Morgan fingerprint density at radius 3 is 0.979 bits per heavy atom. The summed E-state index contributed by atoms with van der Waals surface area (Å²) < 4.78 is 95.1. The molecule has 9 aliphatic heterocycles. The third kappa shape index (κ3) is 15.2. The summed E-state index contributed by atoms with van der Waals surface area (Å²) in [5, 5.41) is 268. The van der Waals surface area contributed by atoms with Crippen molar-refractivity contribution < 1.29 is 213 Å². The molecule has 9 aliphatic rings. The van der Waals surface area contributed by atoms with Crippen molar-refractivity contribution >= 4 is 5.97 Å². The highest BCUT2D eigenvalue weighted by Crippen LogP contribution is 2.41. The number of carboxylic acid groups (broad SMARTS) is 1. The van der Waals surface area contributed by atoms with Crippen LogP contribution in [0.5, 0.6) is 0 Å². The van der Waals surface area contributed by atoms with Crippen LogP contribution in [-0.4, -0.2) is 438 Å². The van der Waals surface area contributed by atoms with Crippen molar-refractivity contribution in [2.75, 3.05) is 52.9 Å². The highest BCUT2D eigenvalue weighted by Gasteiger charge is 2.62. The van der Waals surface area contributed by atoms with Crippen molar-refractivity contribution in [3.63, 3.8) is 0 Å². The van der Waals surface area contributed by atoms with Crippen LogP contribution < -0.4 is 0 Å². The summed E-state index contributed by atoms with van der Waals surface area (Å²) in [5.41, 5.74) is 0. The fourth-order valence-corrected chi connectivity index (χ4v) is 12.1. The van der Waals surface area contributed by atoms with E-state index in [-0.39, 0.29) is 0 Å². The normalized spacial score (nSPS) is 53.5. The minimum absolute atomic E-state index is 0.865. The topological polar surface area (TPSA) is 680 Å². The largest absolute Gasteiger partial charge is 0.477 e. The van der Waals surface area contributed by atoms with Crippen LogP contribution in [0, 0.1) is 0 Å². The van der Waals surface area contributed by atoms with Crippen LogP contribution in [0.3, 0.4) is 0 Å². The monoisotopic (exact) mass is 1380 g/mol. The first-order valence-electron chi connectivity index (χ1n) is 29.7. The van der Waals surface area contributed by atoms with E-state index in [2.05, 4.69) is 0 Å². The zero-order chi connectivity index (χ0) is 68.8. The van der Waals surface area contributed by atoms with Gasteiger partial charge >= 0.3 is 5.97 Å². The lowest BCUT2D eigenvalue weighted by Gasteiger charge is -2.49. The molecule has 0 aromatic rings. The molecular weight excluding hydrogens is 1300 g/mol. The van der Waals surface area contributed by atoms with Crippen LogP contribution in [0.1, 0.15) is 6.92 Å². The molecule has 0 aliphatic carbocycles. The van der Waals surface area contributed by atoms with Gasteiger partial charge in [-0.1, -0.05) is 0 Å². The predicted octanol–water partition coefficient (Wildman–Crippen LogP) is -17.6. The van der Waals surface area contributed by atoms with E-state index in [9.17, 15) is 132 Å². The van der Waals surface area contributed by atoms with E-state index in [1.807, 2.05) is 0 Å². The van der Waals surface area contributed by atoms with Crippen molar-refractivity contribution in [3.8, 4) is 0 Å². The molecule has 9 saturated heterocycles. The zero-order valence-corrected chi connectivity index (χ0v) is 49.3. The highest BCUT2D eigenvalue weighted by molar-refractivity contribution is 5.75. The lowest BCUT2D eigenvalue weighted by molar-refractivity contribution is -0.390. The standard InChI is InChI=1S/C51H84O43/c1-51(50(76)77)93-41-40(23(63)13(5-55)83-49(41)94-51)92-48-35(75)39(22(62)12(4-54)82-48)90-45-31(71)26(66)20(60)17(87-45)9-78-42-29(69)25(65)19(59)16(86-42)8-79-43-32(72)27(67)36(14(6-56)84-43)89-47-34(74)38(21(61)11(3-53)81-47)91-46-33(73)28(68)37(15(7-57)85-46)88-44-30(70)24(64)18(58)10(2-52)80-44/h10-49,52-75H,2-9H2,1H3,(H,76,77)/t10-,11-,12-,13-,14-,15-,16-,17-,18-,19-,20-,21+,22-,23-,24+,25+,26+,27-,28-,29-,30-,31-,32-,33-,34-,35-,36-,37-,38+,39+,40+,41-,42-,43-,44+,45+,46+,47+,48+,49+,51?/m1/s1. The second-order valence-electron chi connectivity index (χ2n) is 23.9. The van der Waals surface area contributed by atoms with Gasteiger partial charge in [-0.05, 0) is 0 Å². The summed E-state index contributed by atoms with van der Waals surface area (Å²) in [5.74, 6) is -3.99. The van der Waals surface area contributed by atoms with Gasteiger partial charge in [-0.2, -0.15) is 0 Å². The maximum atomic E-state index is 12.0. The van der Waals surface area contributed by atoms with Crippen molar-refractivity contribution in [1.29, 1.82) is 0 Å². The van der Waals surface area contributed by atoms with Gasteiger partial charge in [-0.15, -0.1) is 0 Å². The molecule has 0 aromatic carbocycles. The van der Waals surface area contributed by atoms with E-state index in [4.69, 9.17) is 80.5 Å². The Labute approximate surface area is 529 Å². The summed E-state index contributed by atoms with van der Waals surface area (Å²) in [6, 6.07) is 0. The summed E-state index contributed by atoms with van der Waals surface area (Å²) in [7, 11) is 0. The van der Waals surface area contributed by atoms with E-state index >= 15 is 0 Å². The molecule has 0 amide bonds. The maximum Gasteiger partial charge on any atom is 0.364 e. The second-order valence-corrected chi connectivity index (χ2v) is 23.9. The summed E-state index contributed by atoms with van der Waals surface area (Å²) in [4.78, 5) is 12.0. The van der Waals surface area contributed by atoms with Crippen LogP contribution in [0.15, 0.2) is 0 Å². The SMILES string of the molecule is CC1(C(=O)O)O[C@@H]2O[C@H](CO)[C@@H](O)[C@H](O[C@@H]3O[C@H](CO)[C@@H](O)[C@H](O[C@@H]4O[C@H](CO[C@@H]5O[C@H](CO[C@@H]6O[C@H](CO)[C@@H](O[C@@H]7O[C@H](CO)[C@H](O)[C@H](O[C@@H]8O[C@H](CO)[C@@H](O[C@@H]9O[C@H](CO)[C@@H](O)[C@H](O)[C@H]9O)[C@H](O)[C@H]8O)[C@H]7O)[C@H](O)[C@H]6O)[C@@H](O)[C@H](O)[C@H]5O)[C@@H](O)[C@H](O)[C@H]4O)[C@H]3O)[C@H]2O1. The number of aliphatic hydroxyl groups excluding tert-OH is 24. The summed E-state index contributed by atoms with van der Waals surface area (Å²) in [6.45, 7) is -6.72. The Morgan fingerprint density at radius 2 is 0.574 bits per heavy atom. The van der Waals surface area contributed by atoms with Crippen LogP contribution in [0.25, 0.3) is 0 Å². The second kappa shape index (κ2) is 31.8. The first-order valence-corrected chi connectivity index (χ1v) is 29.7. The van der Waals surface area contributed by atoms with E-state index in [0.717, 1.165) is 6.92 Å². The van der Waals surface area contributed by atoms with Gasteiger partial charge in [-0.3, -0.25) is 0 Å². The Bertz CT molecular complexity index is 2370. The summed E-state index contributed by atoms with van der Waals surface area (Å²) >= 11 is 0. The number of hydrogen-bond acceptors (Lipinski definition) is 42. The van der Waals surface area contributed by atoms with Gasteiger partial charge in [0.25, 0.3) is 5.79 Å². The lowest BCUT2D eigenvalue weighted by Crippen LogP contribution is -2.67. The van der Waals surface area contributed by atoms with E-state index in [1.165, 1.54) is 0 Å². The molecule has 41 atom stereocenters. The number of hydrogen-bond donors (Lipinski definition) is 25. The Morgan fingerprint density at radius 1 is 0.298 bits per heavy atom. The van der Waals surface area contributed by atoms with Crippen molar-refractivity contribution in [3.05, 3.63) is 0 Å². The van der Waals surface area contributed by atoms with E-state index < -0.39 is 310 Å².